The van der Waals surface area contributed by atoms with Crippen molar-refractivity contribution in [1.29, 1.82) is 0 Å². The Kier molecular flexibility index (Phi) is 5.66. The van der Waals surface area contributed by atoms with Crippen molar-refractivity contribution in [2.45, 2.75) is 20.8 Å². The maximum Gasteiger partial charge on any atom is 0.227 e. The highest BCUT2D eigenvalue weighted by Crippen LogP contribution is 2.11. The maximum atomic E-state index is 11.4. The molecule has 0 heterocycles. The predicted octanol–water partition coefficient (Wildman–Crippen LogP) is 0.124. The van der Waals surface area contributed by atoms with Gasteiger partial charge in [-0.25, -0.2) is 0 Å². The zero-order valence-corrected chi connectivity index (χ0v) is 8.72. The summed E-state index contributed by atoms with van der Waals surface area (Å²) in [5, 5.41) is 2.76. The van der Waals surface area contributed by atoms with E-state index in [4.69, 9.17) is 10.5 Å². The second kappa shape index (κ2) is 5.94. The van der Waals surface area contributed by atoms with Crippen LogP contribution in [0.5, 0.6) is 0 Å². The lowest BCUT2D eigenvalue weighted by Gasteiger charge is -2.21. The second-order valence-corrected chi connectivity index (χ2v) is 3.54. The molecule has 0 aromatic heterocycles. The van der Waals surface area contributed by atoms with Crippen LogP contribution in [-0.2, 0) is 9.53 Å². The molecule has 4 nitrogen and oxygen atoms in total. The smallest absolute Gasteiger partial charge is 0.227 e. The molecule has 0 aliphatic heterocycles. The summed E-state index contributed by atoms with van der Waals surface area (Å²) in [5.74, 6) is -0.0188. The number of hydrogen-bond acceptors (Lipinski definition) is 3. The quantitative estimate of drug-likeness (QED) is 0.582. The Morgan fingerprint density at radius 2 is 2.15 bits per heavy atom. The Morgan fingerprint density at radius 1 is 1.54 bits per heavy atom. The lowest BCUT2D eigenvalue weighted by Crippen LogP contribution is -2.42. The first-order valence-electron chi connectivity index (χ1n) is 4.60. The molecule has 0 rings (SSSR count). The fourth-order valence-electron chi connectivity index (χ4n) is 0.713. The second-order valence-electron chi connectivity index (χ2n) is 3.54. The minimum atomic E-state index is -0.480. The van der Waals surface area contributed by atoms with Gasteiger partial charge in [0, 0.05) is 19.7 Å². The van der Waals surface area contributed by atoms with Crippen molar-refractivity contribution in [1.82, 2.24) is 5.32 Å². The van der Waals surface area contributed by atoms with Crippen molar-refractivity contribution < 1.29 is 9.53 Å². The molecule has 4 heteroatoms. The number of ether oxygens (including phenoxy) is 1. The van der Waals surface area contributed by atoms with Gasteiger partial charge < -0.3 is 15.8 Å². The van der Waals surface area contributed by atoms with Gasteiger partial charge in [-0.15, -0.1) is 0 Å². The molecule has 0 saturated heterocycles. The van der Waals surface area contributed by atoms with Crippen molar-refractivity contribution in [2.24, 2.45) is 11.1 Å². The van der Waals surface area contributed by atoms with E-state index in [0.29, 0.717) is 26.3 Å². The number of carbonyl (C=O) groups excluding carboxylic acids is 1. The summed E-state index contributed by atoms with van der Waals surface area (Å²) in [4.78, 5) is 11.4. The summed E-state index contributed by atoms with van der Waals surface area (Å²) in [5.41, 5.74) is 4.97. The van der Waals surface area contributed by atoms with Crippen LogP contribution in [0.4, 0.5) is 0 Å². The fraction of sp³-hybridized carbons (Fsp3) is 0.889. The first-order chi connectivity index (χ1) is 6.04. The standard InChI is InChI=1S/C9H20N2O2/c1-4-13-6-5-11-8(12)9(2,3)7-10/h4-7,10H2,1-3H3,(H,11,12). The zero-order valence-electron chi connectivity index (χ0n) is 8.72. The average molecular weight is 188 g/mol. The third-order valence-corrected chi connectivity index (χ3v) is 1.86. The molecular formula is C9H20N2O2. The first-order valence-corrected chi connectivity index (χ1v) is 4.60. The molecule has 0 radical (unpaired) electrons. The number of hydrogen-bond donors (Lipinski definition) is 2. The van der Waals surface area contributed by atoms with E-state index in [9.17, 15) is 4.79 Å². The molecule has 3 N–H and O–H groups in total. The molecular weight excluding hydrogens is 168 g/mol. The van der Waals surface area contributed by atoms with E-state index < -0.39 is 5.41 Å². The van der Waals surface area contributed by atoms with Gasteiger partial charge >= 0.3 is 0 Å². The van der Waals surface area contributed by atoms with E-state index in [1.165, 1.54) is 0 Å². The van der Waals surface area contributed by atoms with Gasteiger partial charge in [-0.3, -0.25) is 4.79 Å². The number of nitrogens with two attached hydrogens (primary N) is 1. The van der Waals surface area contributed by atoms with E-state index in [0.717, 1.165) is 0 Å². The van der Waals surface area contributed by atoms with Gasteiger partial charge in [0.25, 0.3) is 0 Å². The van der Waals surface area contributed by atoms with Crippen molar-refractivity contribution >= 4 is 5.91 Å². The topological polar surface area (TPSA) is 64.3 Å². The van der Waals surface area contributed by atoms with E-state index in [2.05, 4.69) is 5.32 Å². The average Bonchev–Trinajstić information content (AvgIpc) is 2.12. The van der Waals surface area contributed by atoms with Crippen molar-refractivity contribution in [3.05, 3.63) is 0 Å². The van der Waals surface area contributed by atoms with E-state index in [1.54, 1.807) is 0 Å². The molecule has 0 aromatic rings. The van der Waals surface area contributed by atoms with Gasteiger partial charge in [0.1, 0.15) is 0 Å². The maximum absolute atomic E-state index is 11.4. The molecule has 13 heavy (non-hydrogen) atoms. The SMILES string of the molecule is CCOCCNC(=O)C(C)(C)CN. The van der Waals surface area contributed by atoms with Crippen LogP contribution >= 0.6 is 0 Å². The highest BCUT2D eigenvalue weighted by molar-refractivity contribution is 5.81. The van der Waals surface area contributed by atoms with Crippen molar-refractivity contribution in [3.63, 3.8) is 0 Å². The van der Waals surface area contributed by atoms with Gasteiger partial charge in [-0.2, -0.15) is 0 Å². The molecule has 0 saturated carbocycles. The van der Waals surface area contributed by atoms with Gasteiger partial charge in [0.15, 0.2) is 0 Å². The van der Waals surface area contributed by atoms with Gasteiger partial charge in [0.2, 0.25) is 5.91 Å². The molecule has 0 aliphatic rings. The molecule has 0 unspecified atom stereocenters. The van der Waals surface area contributed by atoms with Crippen LogP contribution in [0.15, 0.2) is 0 Å². The third kappa shape index (κ3) is 4.85. The summed E-state index contributed by atoms with van der Waals surface area (Å²) in [7, 11) is 0. The Hall–Kier alpha value is -0.610. The van der Waals surface area contributed by atoms with Crippen LogP contribution in [0.3, 0.4) is 0 Å². The molecule has 0 aliphatic carbocycles. The largest absolute Gasteiger partial charge is 0.380 e. The third-order valence-electron chi connectivity index (χ3n) is 1.86. The van der Waals surface area contributed by atoms with Gasteiger partial charge in [-0.05, 0) is 20.8 Å². The summed E-state index contributed by atoms with van der Waals surface area (Å²) in [6.45, 7) is 7.71. The Labute approximate surface area is 79.8 Å². The predicted molar refractivity (Wildman–Crippen MR) is 52.3 cm³/mol. The first kappa shape index (κ1) is 12.4. The number of rotatable bonds is 6. The number of nitrogens with one attached hydrogen (secondary N) is 1. The molecule has 0 aromatic carbocycles. The van der Waals surface area contributed by atoms with Crippen molar-refractivity contribution in [2.75, 3.05) is 26.3 Å². The monoisotopic (exact) mass is 188 g/mol. The van der Waals surface area contributed by atoms with Crippen LogP contribution in [0.2, 0.25) is 0 Å². The number of amides is 1. The minimum absolute atomic E-state index is 0.0188. The molecule has 0 atom stereocenters. The van der Waals surface area contributed by atoms with Crippen LogP contribution in [0.1, 0.15) is 20.8 Å². The van der Waals surface area contributed by atoms with Crippen LogP contribution in [-0.4, -0.2) is 32.2 Å². The number of carbonyl (C=O) groups is 1. The lowest BCUT2D eigenvalue weighted by atomic mass is 9.93. The Bertz CT molecular complexity index is 158. The lowest BCUT2D eigenvalue weighted by molar-refractivity contribution is -0.129. The van der Waals surface area contributed by atoms with Gasteiger partial charge in [0.05, 0.1) is 12.0 Å². The summed E-state index contributed by atoms with van der Waals surface area (Å²) in [6.07, 6.45) is 0. The van der Waals surface area contributed by atoms with Crippen LogP contribution < -0.4 is 11.1 Å². The normalized spacial score (nSPS) is 11.4. The minimum Gasteiger partial charge on any atom is -0.380 e. The van der Waals surface area contributed by atoms with Gasteiger partial charge in [-0.1, -0.05) is 0 Å². The molecule has 0 bridgehead atoms. The Balaban J connectivity index is 3.62. The van der Waals surface area contributed by atoms with E-state index in [-0.39, 0.29) is 5.91 Å². The molecule has 1 amide bonds. The van der Waals surface area contributed by atoms with E-state index >= 15 is 0 Å². The van der Waals surface area contributed by atoms with Crippen LogP contribution in [0, 0.1) is 5.41 Å². The van der Waals surface area contributed by atoms with Crippen LogP contribution in [0.25, 0.3) is 0 Å². The summed E-state index contributed by atoms with van der Waals surface area (Å²) >= 11 is 0. The molecule has 0 fully saturated rings. The Morgan fingerprint density at radius 3 is 2.62 bits per heavy atom. The molecule has 78 valence electrons. The van der Waals surface area contributed by atoms with Crippen molar-refractivity contribution in [3.8, 4) is 0 Å². The fourth-order valence-corrected chi connectivity index (χ4v) is 0.713. The summed E-state index contributed by atoms with van der Waals surface area (Å²) in [6, 6.07) is 0. The van der Waals surface area contributed by atoms with E-state index in [1.807, 2.05) is 20.8 Å². The zero-order chi connectivity index (χ0) is 10.3. The summed E-state index contributed by atoms with van der Waals surface area (Å²) < 4.78 is 5.08. The highest BCUT2D eigenvalue weighted by atomic mass is 16.5. The molecule has 0 spiro atoms. The highest BCUT2D eigenvalue weighted by Gasteiger charge is 2.24.